The molecule has 10 heteroatoms. The molecular weight excluding hydrogens is 522 g/mol. The van der Waals surface area contributed by atoms with Crippen LogP contribution in [0.5, 0.6) is 11.5 Å². The van der Waals surface area contributed by atoms with E-state index in [0.29, 0.717) is 22.6 Å². The van der Waals surface area contributed by atoms with Crippen molar-refractivity contribution < 1.29 is 36.2 Å². The Bertz CT molecular complexity index is 1380. The van der Waals surface area contributed by atoms with E-state index in [4.69, 9.17) is 4.74 Å². The van der Waals surface area contributed by atoms with Crippen LogP contribution in [0.4, 0.5) is 26.3 Å². The SMILES string of the molecule is OC(CN(Cc1cccc(Oc2ccccc2)c1)Cc1cccc(-c2ncccc2C(F)(F)F)c1)C(F)(F)F. The van der Waals surface area contributed by atoms with Gasteiger partial charge in [-0.2, -0.15) is 26.3 Å². The minimum Gasteiger partial charge on any atom is -0.457 e. The third-order valence-corrected chi connectivity index (χ3v) is 5.81. The van der Waals surface area contributed by atoms with Crippen molar-refractivity contribution in [2.45, 2.75) is 31.5 Å². The summed E-state index contributed by atoms with van der Waals surface area (Å²) in [5.74, 6) is 1.07. The van der Waals surface area contributed by atoms with Crippen LogP contribution >= 0.6 is 0 Å². The lowest BCUT2D eigenvalue weighted by molar-refractivity contribution is -0.208. The van der Waals surface area contributed by atoms with Crippen LogP contribution in [0.3, 0.4) is 0 Å². The fourth-order valence-corrected chi connectivity index (χ4v) is 4.06. The van der Waals surface area contributed by atoms with Crippen molar-refractivity contribution in [3.8, 4) is 22.8 Å². The lowest BCUT2D eigenvalue weighted by Crippen LogP contribution is -2.40. The summed E-state index contributed by atoms with van der Waals surface area (Å²) in [4.78, 5) is 5.27. The van der Waals surface area contributed by atoms with Gasteiger partial charge in [-0.3, -0.25) is 9.88 Å². The van der Waals surface area contributed by atoms with Crippen molar-refractivity contribution in [3.05, 3.63) is 114 Å². The van der Waals surface area contributed by atoms with Crippen molar-refractivity contribution in [2.24, 2.45) is 0 Å². The summed E-state index contributed by atoms with van der Waals surface area (Å²) in [5.41, 5.74) is 0.0617. The van der Waals surface area contributed by atoms with Gasteiger partial charge < -0.3 is 9.84 Å². The van der Waals surface area contributed by atoms with E-state index >= 15 is 0 Å². The lowest BCUT2D eigenvalue weighted by Gasteiger charge is -2.26. The first-order valence-corrected chi connectivity index (χ1v) is 11.9. The number of ether oxygens (including phenoxy) is 1. The number of hydrogen-bond acceptors (Lipinski definition) is 4. The van der Waals surface area contributed by atoms with Crippen molar-refractivity contribution in [1.82, 2.24) is 9.88 Å². The first-order valence-electron chi connectivity index (χ1n) is 11.9. The molecule has 0 amide bonds. The molecule has 4 nitrogen and oxygen atoms in total. The molecule has 1 atom stereocenters. The summed E-state index contributed by atoms with van der Waals surface area (Å²) >= 11 is 0. The first-order chi connectivity index (χ1) is 18.5. The van der Waals surface area contributed by atoms with E-state index in [2.05, 4.69) is 4.98 Å². The average molecular weight is 547 g/mol. The number of rotatable bonds is 9. The van der Waals surface area contributed by atoms with Gasteiger partial charge >= 0.3 is 12.4 Å². The molecule has 1 unspecified atom stereocenters. The molecule has 0 saturated carbocycles. The predicted octanol–water partition coefficient (Wildman–Crippen LogP) is 7.49. The quantitative estimate of drug-likeness (QED) is 0.221. The van der Waals surface area contributed by atoms with Crippen molar-refractivity contribution in [3.63, 3.8) is 0 Å². The second-order valence-corrected chi connectivity index (χ2v) is 8.89. The van der Waals surface area contributed by atoms with E-state index in [1.807, 2.05) is 6.07 Å². The second-order valence-electron chi connectivity index (χ2n) is 8.89. The Morgan fingerprint density at radius 2 is 1.38 bits per heavy atom. The Kier molecular flexibility index (Phi) is 8.57. The van der Waals surface area contributed by atoms with Gasteiger partial charge in [0.05, 0.1) is 11.3 Å². The molecule has 3 aromatic carbocycles. The van der Waals surface area contributed by atoms with Gasteiger partial charge in [0.2, 0.25) is 0 Å². The van der Waals surface area contributed by atoms with Crippen LogP contribution < -0.4 is 4.74 Å². The molecule has 4 aromatic rings. The van der Waals surface area contributed by atoms with E-state index in [-0.39, 0.29) is 24.3 Å². The fourth-order valence-electron chi connectivity index (χ4n) is 4.06. The molecule has 0 radical (unpaired) electrons. The minimum absolute atomic E-state index is 0.0146. The molecule has 0 bridgehead atoms. The standard InChI is InChI=1S/C29H24F6N2O2/c30-28(31,32)25-13-6-14-36-27(25)22-9-4-7-20(15-22)17-37(19-26(38)29(33,34)35)18-21-8-5-12-24(16-21)39-23-10-2-1-3-11-23/h1-16,26,38H,17-19H2. The number of aromatic nitrogens is 1. The summed E-state index contributed by atoms with van der Waals surface area (Å²) in [6.07, 6.45) is -10.8. The van der Waals surface area contributed by atoms with Crippen LogP contribution in [-0.4, -0.2) is 33.8 Å². The maximum Gasteiger partial charge on any atom is 0.418 e. The lowest BCUT2D eigenvalue weighted by atomic mass is 10.0. The highest BCUT2D eigenvalue weighted by atomic mass is 19.4. The topological polar surface area (TPSA) is 45.6 Å². The zero-order valence-corrected chi connectivity index (χ0v) is 20.5. The van der Waals surface area contributed by atoms with Gasteiger partial charge in [0.1, 0.15) is 11.5 Å². The molecular formula is C29H24F6N2O2. The fraction of sp³-hybridized carbons (Fsp3) is 0.207. The number of halogens is 6. The van der Waals surface area contributed by atoms with Crippen molar-refractivity contribution in [1.29, 1.82) is 0 Å². The number of alkyl halides is 6. The summed E-state index contributed by atoms with van der Waals surface area (Å²) in [6, 6.07) is 23.9. The number of hydrogen-bond donors (Lipinski definition) is 1. The van der Waals surface area contributed by atoms with Gasteiger partial charge in [-0.25, -0.2) is 0 Å². The monoisotopic (exact) mass is 546 g/mol. The highest BCUT2D eigenvalue weighted by Crippen LogP contribution is 2.36. The largest absolute Gasteiger partial charge is 0.457 e. The number of nitrogens with zero attached hydrogens (tertiary/aromatic N) is 2. The van der Waals surface area contributed by atoms with E-state index < -0.39 is 30.6 Å². The third kappa shape index (κ3) is 7.81. The Morgan fingerprint density at radius 1 is 0.744 bits per heavy atom. The van der Waals surface area contributed by atoms with Crippen molar-refractivity contribution >= 4 is 0 Å². The molecule has 0 aliphatic carbocycles. The third-order valence-electron chi connectivity index (χ3n) is 5.81. The number of aliphatic hydroxyl groups is 1. The molecule has 1 aromatic heterocycles. The van der Waals surface area contributed by atoms with E-state index in [9.17, 15) is 31.4 Å². The van der Waals surface area contributed by atoms with Gasteiger partial charge in [0, 0.05) is 31.4 Å². The van der Waals surface area contributed by atoms with Crippen LogP contribution in [0, 0.1) is 0 Å². The first kappa shape index (κ1) is 28.1. The molecule has 39 heavy (non-hydrogen) atoms. The second kappa shape index (κ2) is 11.9. The van der Waals surface area contributed by atoms with Crippen LogP contribution in [-0.2, 0) is 19.3 Å². The van der Waals surface area contributed by atoms with Gasteiger partial charge in [-0.15, -0.1) is 0 Å². The van der Waals surface area contributed by atoms with Crippen LogP contribution in [0.25, 0.3) is 11.3 Å². The summed E-state index contributed by atoms with van der Waals surface area (Å²) < 4.78 is 86.0. The number of para-hydroxylation sites is 1. The summed E-state index contributed by atoms with van der Waals surface area (Å²) in [5, 5.41) is 9.79. The van der Waals surface area contributed by atoms with Gasteiger partial charge in [0.25, 0.3) is 0 Å². The number of benzene rings is 3. The molecule has 0 aliphatic heterocycles. The number of pyridine rings is 1. The van der Waals surface area contributed by atoms with E-state index in [0.717, 1.165) is 6.07 Å². The van der Waals surface area contributed by atoms with Crippen LogP contribution in [0.1, 0.15) is 16.7 Å². The zero-order chi connectivity index (χ0) is 28.0. The van der Waals surface area contributed by atoms with Gasteiger partial charge in [-0.1, -0.05) is 48.5 Å². The molecule has 0 fully saturated rings. The molecule has 0 spiro atoms. The number of aliphatic hydroxyl groups excluding tert-OH is 1. The van der Waals surface area contributed by atoms with E-state index in [1.165, 1.54) is 35.4 Å². The normalized spacial score (nSPS) is 12.9. The predicted molar refractivity (Wildman–Crippen MR) is 134 cm³/mol. The Hall–Kier alpha value is -3.89. The maximum atomic E-state index is 13.5. The van der Waals surface area contributed by atoms with E-state index in [1.54, 1.807) is 54.6 Å². The molecule has 1 heterocycles. The molecule has 1 N–H and O–H groups in total. The Balaban J connectivity index is 1.59. The zero-order valence-electron chi connectivity index (χ0n) is 20.5. The highest BCUT2D eigenvalue weighted by Gasteiger charge is 2.39. The van der Waals surface area contributed by atoms with Crippen LogP contribution in [0.2, 0.25) is 0 Å². The summed E-state index contributed by atoms with van der Waals surface area (Å²) in [6.45, 7) is -0.797. The smallest absolute Gasteiger partial charge is 0.418 e. The van der Waals surface area contributed by atoms with Crippen LogP contribution in [0.15, 0.2) is 97.2 Å². The minimum atomic E-state index is -4.84. The molecule has 204 valence electrons. The van der Waals surface area contributed by atoms with Gasteiger partial charge in [-0.05, 0) is 53.6 Å². The summed E-state index contributed by atoms with van der Waals surface area (Å²) in [7, 11) is 0. The molecule has 0 saturated heterocycles. The van der Waals surface area contributed by atoms with Gasteiger partial charge in [0.15, 0.2) is 6.10 Å². The Labute approximate surface area is 221 Å². The average Bonchev–Trinajstić information content (AvgIpc) is 2.88. The molecule has 4 rings (SSSR count). The Morgan fingerprint density at radius 3 is 2.05 bits per heavy atom. The highest BCUT2D eigenvalue weighted by molar-refractivity contribution is 5.64. The molecule has 0 aliphatic rings. The maximum absolute atomic E-state index is 13.5. The van der Waals surface area contributed by atoms with Crippen molar-refractivity contribution in [2.75, 3.05) is 6.54 Å².